The lowest BCUT2D eigenvalue weighted by atomic mass is 9.83. The van der Waals surface area contributed by atoms with Crippen LogP contribution in [0.15, 0.2) is 106 Å². The van der Waals surface area contributed by atoms with Crippen molar-refractivity contribution in [1.29, 1.82) is 0 Å². The molecule has 3 heterocycles. The first-order valence-electron chi connectivity index (χ1n) is 22.8. The second-order valence-corrected chi connectivity index (χ2v) is 22.7. The number of thiol groups is 1. The smallest absolute Gasteiger partial charge is 0.393 e. The first kappa shape index (κ1) is 51.2. The minimum atomic E-state index is -5.70. The van der Waals surface area contributed by atoms with Crippen LogP contribution in [0.25, 0.3) is 22.4 Å². The maximum Gasteiger partial charge on any atom is 0.501 e. The molecule has 2 fully saturated rings. The van der Waals surface area contributed by atoms with Gasteiger partial charge in [-0.15, -0.1) is 11.8 Å². The Morgan fingerprint density at radius 2 is 1.51 bits per heavy atom. The Bertz CT molecular complexity index is 2580. The van der Waals surface area contributed by atoms with Gasteiger partial charge in [0.15, 0.2) is 0 Å². The highest BCUT2D eigenvalue weighted by Crippen LogP contribution is 2.47. The minimum Gasteiger partial charge on any atom is -0.393 e. The number of thioether (sulfide) groups is 1. The molecule has 0 saturated carbocycles. The van der Waals surface area contributed by atoms with Gasteiger partial charge < -0.3 is 34.4 Å². The molecule has 2 saturated heterocycles. The molecule has 0 amide bonds. The Morgan fingerprint density at radius 3 is 2.09 bits per heavy atom. The van der Waals surface area contributed by atoms with Crippen molar-refractivity contribution >= 4 is 80.5 Å². The Morgan fingerprint density at radius 1 is 0.866 bits per heavy atom. The van der Waals surface area contributed by atoms with Gasteiger partial charge in [0.05, 0.1) is 17.5 Å². The van der Waals surface area contributed by atoms with E-state index in [1.165, 1.54) is 39.2 Å². The first-order valence-corrected chi connectivity index (χ1v) is 27.3. The Hall–Kier alpha value is -3.64. The van der Waals surface area contributed by atoms with Crippen LogP contribution in [0.3, 0.4) is 0 Å². The van der Waals surface area contributed by atoms with Gasteiger partial charge in [0.25, 0.3) is 9.84 Å². The van der Waals surface area contributed by atoms with Crippen molar-refractivity contribution in [2.45, 2.75) is 92.3 Å². The van der Waals surface area contributed by atoms with Gasteiger partial charge in [0.1, 0.15) is 4.90 Å². The normalized spacial score (nSPS) is 16.2. The van der Waals surface area contributed by atoms with Gasteiger partial charge in [0.2, 0.25) is 0 Å². The maximum atomic E-state index is 14.1. The average molecular weight is 1020 g/mol. The highest BCUT2D eigenvalue weighted by atomic mass is 35.5. The Labute approximate surface area is 413 Å². The molecule has 1 atom stereocenters. The number of nitrogens with zero attached hydrogens (tertiary/aromatic N) is 4. The van der Waals surface area contributed by atoms with Crippen LogP contribution in [0.5, 0.6) is 0 Å². The molecule has 2 aliphatic heterocycles. The van der Waals surface area contributed by atoms with E-state index >= 15 is 0 Å². The van der Waals surface area contributed by atoms with Gasteiger partial charge in [-0.2, -0.15) is 25.8 Å². The van der Waals surface area contributed by atoms with E-state index in [9.17, 15) is 26.7 Å². The van der Waals surface area contributed by atoms with Gasteiger partial charge in [-0.25, -0.2) is 8.42 Å². The largest absolute Gasteiger partial charge is 0.501 e. The Kier molecular flexibility index (Phi) is 16.5. The van der Waals surface area contributed by atoms with E-state index in [1.807, 2.05) is 50.2 Å². The number of halogens is 4. The molecule has 67 heavy (non-hydrogen) atoms. The lowest BCUT2D eigenvalue weighted by Gasteiger charge is -2.41. The molecule has 4 aromatic carbocycles. The summed E-state index contributed by atoms with van der Waals surface area (Å²) in [5.74, 6) is 0.596. The molecule has 2 aliphatic rings. The zero-order chi connectivity index (χ0) is 48.3. The zero-order valence-electron chi connectivity index (χ0n) is 38.9. The lowest BCUT2D eigenvalue weighted by molar-refractivity contribution is -0.0435. The second-order valence-electron chi connectivity index (χ2n) is 18.3. The number of rotatable bonds is 17. The topological polar surface area (TPSA) is 93.1 Å². The van der Waals surface area contributed by atoms with Gasteiger partial charge >= 0.3 is 5.51 Å². The molecule has 1 unspecified atom stereocenters. The van der Waals surface area contributed by atoms with Crippen molar-refractivity contribution in [2.24, 2.45) is 5.41 Å². The summed E-state index contributed by atoms with van der Waals surface area (Å²) in [5.41, 5.74) is 2.95. The standard InChI is InChI=1S/C50H62ClF3N6O3S4/c1-7-60-46(33(2)3)48(65-6)45(47(60)34-11-13-36(51)14-12-34)35-9-8-10-39(29-35)59-27-25-58(26-28-59)38-17-15-37(16-18-38)56-66-41-19-20-42(43(30-41)67(62,63)50(52,53)54)55-44(31-64)49(4,5)32-57-23-21-40(61)22-24-57/h8-20,29-30,33,40,44,55-56,61,64H,7,21-28,31-32H2,1-6H3. The molecule has 1 aromatic heterocycles. The SMILES string of the molecule is CCn1c(-c2ccc(Cl)cc2)c(-c2cccc(N3CCN(c4ccc(NSc5ccc(NC(CS)C(C)(C)CN6CCC(O)CC6)c(S(=O)(=O)C(F)(F)F)c5)cc4)CC3)c2)c(SC)c1C(C)C. The van der Waals surface area contributed by atoms with E-state index in [-0.39, 0.29) is 17.5 Å². The van der Waals surface area contributed by atoms with Crippen molar-refractivity contribution < 1.29 is 26.7 Å². The van der Waals surface area contributed by atoms with Crippen LogP contribution in [-0.4, -0.2) is 98.5 Å². The summed E-state index contributed by atoms with van der Waals surface area (Å²) in [6, 6.07) is 28.5. The summed E-state index contributed by atoms with van der Waals surface area (Å²) in [6.45, 7) is 16.8. The summed E-state index contributed by atoms with van der Waals surface area (Å²) < 4.78 is 74.0. The van der Waals surface area contributed by atoms with E-state index in [0.717, 1.165) is 62.0 Å². The number of aromatic nitrogens is 1. The van der Waals surface area contributed by atoms with E-state index < -0.39 is 31.7 Å². The van der Waals surface area contributed by atoms with Crippen LogP contribution in [0.2, 0.25) is 5.02 Å². The van der Waals surface area contributed by atoms with Crippen LogP contribution < -0.4 is 19.8 Å². The van der Waals surface area contributed by atoms with Gasteiger partial charge in [-0.05, 0) is 127 Å². The number of piperidine rings is 1. The average Bonchev–Trinajstić information content (AvgIpc) is 3.66. The molecule has 0 spiro atoms. The summed E-state index contributed by atoms with van der Waals surface area (Å²) >= 11 is 13.7. The number of benzene rings is 4. The number of aliphatic hydroxyl groups is 1. The molecule has 5 aromatic rings. The molecule has 9 nitrogen and oxygen atoms in total. The molecule has 0 bridgehead atoms. The van der Waals surface area contributed by atoms with Gasteiger partial charge in [-0.3, -0.25) is 0 Å². The fourth-order valence-corrected chi connectivity index (χ4v) is 12.7. The molecule has 362 valence electrons. The molecular weight excluding hydrogens is 953 g/mol. The fraction of sp³-hybridized carbons (Fsp3) is 0.440. The summed E-state index contributed by atoms with van der Waals surface area (Å²) in [7, 11) is -5.70. The number of hydrogen-bond donors (Lipinski definition) is 4. The maximum absolute atomic E-state index is 14.1. The van der Waals surface area contributed by atoms with E-state index in [4.69, 9.17) is 11.6 Å². The predicted octanol–water partition coefficient (Wildman–Crippen LogP) is 12.3. The molecule has 0 aliphatic carbocycles. The van der Waals surface area contributed by atoms with E-state index in [0.29, 0.717) is 54.0 Å². The van der Waals surface area contributed by atoms with Crippen LogP contribution in [0.1, 0.15) is 59.1 Å². The third-order valence-corrected chi connectivity index (χ3v) is 16.7. The predicted molar refractivity (Wildman–Crippen MR) is 279 cm³/mol. The third-order valence-electron chi connectivity index (χ3n) is 12.9. The van der Waals surface area contributed by atoms with Crippen molar-refractivity contribution in [3.05, 3.63) is 102 Å². The number of hydrogen-bond acceptors (Lipinski definition) is 11. The first-order chi connectivity index (χ1) is 31.8. The van der Waals surface area contributed by atoms with E-state index in [2.05, 4.69) is 105 Å². The minimum absolute atomic E-state index is 0.125. The van der Waals surface area contributed by atoms with Gasteiger partial charge in [-0.1, -0.05) is 63.6 Å². The zero-order valence-corrected chi connectivity index (χ0v) is 43.0. The van der Waals surface area contributed by atoms with Crippen molar-refractivity contribution in [3.8, 4) is 22.4 Å². The van der Waals surface area contributed by atoms with Crippen LogP contribution in [0.4, 0.5) is 35.9 Å². The summed E-state index contributed by atoms with van der Waals surface area (Å²) in [6.07, 6.45) is 3.13. The van der Waals surface area contributed by atoms with Crippen LogP contribution in [-0.2, 0) is 16.4 Å². The number of aliphatic hydroxyl groups excluding tert-OH is 1. The molecule has 3 N–H and O–H groups in total. The quantitative estimate of drug-likeness (QED) is 0.0410. The third kappa shape index (κ3) is 11.5. The van der Waals surface area contributed by atoms with Crippen molar-refractivity contribution in [3.63, 3.8) is 0 Å². The monoisotopic (exact) mass is 1010 g/mol. The van der Waals surface area contributed by atoms with Gasteiger partial charge in [0, 0.05) is 107 Å². The lowest BCUT2D eigenvalue weighted by Crippen LogP contribution is -2.48. The van der Waals surface area contributed by atoms with Crippen molar-refractivity contribution in [1.82, 2.24) is 9.47 Å². The van der Waals surface area contributed by atoms with Crippen LogP contribution in [0, 0.1) is 5.41 Å². The fourth-order valence-electron chi connectivity index (χ4n) is 9.31. The number of nitrogens with one attached hydrogen (secondary N) is 2. The van der Waals surface area contributed by atoms with Crippen LogP contribution >= 0.6 is 47.9 Å². The highest BCUT2D eigenvalue weighted by molar-refractivity contribution is 8.00. The number of sulfone groups is 1. The highest BCUT2D eigenvalue weighted by Gasteiger charge is 2.48. The molecule has 17 heteroatoms. The molecular formula is C50H62ClF3N6O3S4. The van der Waals surface area contributed by atoms with Crippen molar-refractivity contribution in [2.75, 3.05) is 77.7 Å². The number of likely N-dealkylation sites (tertiary alicyclic amines) is 1. The Balaban J connectivity index is 1.02. The number of piperazine rings is 1. The summed E-state index contributed by atoms with van der Waals surface area (Å²) in [4.78, 5) is 7.76. The van der Waals surface area contributed by atoms with E-state index in [1.54, 1.807) is 17.8 Å². The number of anilines is 4. The molecule has 0 radical (unpaired) electrons. The number of alkyl halides is 3. The second kappa shape index (κ2) is 21.6. The summed E-state index contributed by atoms with van der Waals surface area (Å²) in [5, 5.41) is 13.8. The molecule has 7 rings (SSSR count).